The van der Waals surface area contributed by atoms with Crippen LogP contribution in [0.5, 0.6) is 0 Å². The van der Waals surface area contributed by atoms with Crippen molar-refractivity contribution in [2.75, 3.05) is 38.7 Å². The second-order valence-corrected chi connectivity index (χ2v) is 7.93. The number of methoxy groups -OCH3 is 1. The molecule has 1 fully saturated rings. The fourth-order valence-electron chi connectivity index (χ4n) is 4.00. The van der Waals surface area contributed by atoms with Crippen LogP contribution in [0, 0.1) is 6.92 Å². The number of fused-ring (bicyclic) bond motifs is 1. The Bertz CT molecular complexity index is 1100. The number of amides is 1. The van der Waals surface area contributed by atoms with Gasteiger partial charge in [-0.15, -0.1) is 0 Å². The van der Waals surface area contributed by atoms with Crippen LogP contribution in [0.15, 0.2) is 18.7 Å². The molecule has 4 heterocycles. The summed E-state index contributed by atoms with van der Waals surface area (Å²) in [6.45, 7) is 8.53. The van der Waals surface area contributed by atoms with E-state index in [1.165, 1.54) is 6.33 Å². The predicted octanol–water partition coefficient (Wildman–Crippen LogP) is 1.68. The topological polar surface area (TPSA) is 120 Å². The van der Waals surface area contributed by atoms with Crippen LogP contribution in [0.3, 0.4) is 0 Å². The summed E-state index contributed by atoms with van der Waals surface area (Å²) in [5.41, 5.74) is 2.10. The summed E-state index contributed by atoms with van der Waals surface area (Å²) in [4.78, 5) is 37.4. The number of hydrogen-bond acceptors (Lipinski definition) is 9. The van der Waals surface area contributed by atoms with Crippen molar-refractivity contribution >= 4 is 22.9 Å². The first kappa shape index (κ1) is 23.0. The monoisotopic (exact) mass is 454 g/mol. The van der Waals surface area contributed by atoms with E-state index in [1.54, 1.807) is 19.5 Å². The smallest absolute Gasteiger partial charge is 0.245 e. The highest BCUT2D eigenvalue weighted by atomic mass is 16.5. The van der Waals surface area contributed by atoms with Crippen LogP contribution in [0.25, 0.3) is 22.6 Å². The molecule has 0 spiro atoms. The number of aromatic nitrogens is 6. The van der Waals surface area contributed by atoms with Crippen molar-refractivity contribution < 1.29 is 14.3 Å². The van der Waals surface area contributed by atoms with Gasteiger partial charge in [0.2, 0.25) is 5.91 Å². The fraction of sp³-hybridized carbons (Fsp3) is 0.545. The van der Waals surface area contributed by atoms with Gasteiger partial charge in [0, 0.05) is 39.1 Å². The second kappa shape index (κ2) is 10.2. The second-order valence-electron chi connectivity index (χ2n) is 7.93. The Morgan fingerprint density at radius 1 is 1.27 bits per heavy atom. The lowest BCUT2D eigenvalue weighted by molar-refractivity contribution is -0.141. The van der Waals surface area contributed by atoms with Crippen molar-refractivity contribution in [3.63, 3.8) is 0 Å². The van der Waals surface area contributed by atoms with Crippen LogP contribution in [-0.4, -0.2) is 85.9 Å². The number of nitrogens with zero attached hydrogens (tertiary/aromatic N) is 7. The molecule has 0 bridgehead atoms. The Kier molecular flexibility index (Phi) is 7.09. The molecule has 33 heavy (non-hydrogen) atoms. The third-order valence-corrected chi connectivity index (χ3v) is 5.71. The van der Waals surface area contributed by atoms with E-state index >= 15 is 0 Å². The van der Waals surface area contributed by atoms with Crippen LogP contribution < -0.4 is 5.32 Å². The van der Waals surface area contributed by atoms with E-state index in [9.17, 15) is 4.79 Å². The summed E-state index contributed by atoms with van der Waals surface area (Å²) in [5.74, 6) is 1.95. The van der Waals surface area contributed by atoms with Gasteiger partial charge < -0.3 is 24.3 Å². The first-order valence-corrected chi connectivity index (χ1v) is 11.2. The average Bonchev–Trinajstić information content (AvgIpc) is 3.22. The highest BCUT2D eigenvalue weighted by molar-refractivity contribution is 5.90. The van der Waals surface area contributed by atoms with E-state index in [0.717, 1.165) is 5.56 Å². The number of morpholine rings is 1. The first-order valence-electron chi connectivity index (χ1n) is 11.2. The van der Waals surface area contributed by atoms with Crippen LogP contribution >= 0.6 is 0 Å². The van der Waals surface area contributed by atoms with Crippen molar-refractivity contribution in [3.05, 3.63) is 24.5 Å². The molecule has 3 aromatic heterocycles. The average molecular weight is 455 g/mol. The quantitative estimate of drug-likeness (QED) is 0.542. The van der Waals surface area contributed by atoms with Gasteiger partial charge in [-0.2, -0.15) is 0 Å². The molecule has 1 amide bonds. The summed E-state index contributed by atoms with van der Waals surface area (Å²) >= 11 is 0. The Labute approximate surface area is 192 Å². The Morgan fingerprint density at radius 3 is 2.76 bits per heavy atom. The summed E-state index contributed by atoms with van der Waals surface area (Å²) in [6.07, 6.45) is 5.49. The normalized spacial score (nSPS) is 17.3. The minimum atomic E-state index is -0.442. The molecular formula is C22H30N8O3. The SMILES string of the molecule is CCC(Nc1ncnc2c1nc(-c1cnc(C)nc1)n2CC)C(=O)N1CCOC(COC)C1. The number of imidazole rings is 1. The lowest BCUT2D eigenvalue weighted by Crippen LogP contribution is -2.51. The summed E-state index contributed by atoms with van der Waals surface area (Å²) in [6, 6.07) is -0.442. The maximum absolute atomic E-state index is 13.3. The maximum Gasteiger partial charge on any atom is 0.245 e. The van der Waals surface area contributed by atoms with Crippen molar-refractivity contribution in [2.45, 2.75) is 45.9 Å². The number of anilines is 1. The number of hydrogen-bond donors (Lipinski definition) is 1. The molecule has 1 aliphatic heterocycles. The molecule has 11 nitrogen and oxygen atoms in total. The van der Waals surface area contributed by atoms with E-state index in [4.69, 9.17) is 14.5 Å². The molecule has 0 radical (unpaired) electrons. The highest BCUT2D eigenvalue weighted by Gasteiger charge is 2.29. The minimum absolute atomic E-state index is 0.00995. The predicted molar refractivity (Wildman–Crippen MR) is 123 cm³/mol. The van der Waals surface area contributed by atoms with Crippen LogP contribution in [0.1, 0.15) is 26.1 Å². The van der Waals surface area contributed by atoms with E-state index in [-0.39, 0.29) is 12.0 Å². The van der Waals surface area contributed by atoms with Gasteiger partial charge in [-0.3, -0.25) is 4.79 Å². The van der Waals surface area contributed by atoms with Crippen molar-refractivity contribution in [1.82, 2.24) is 34.4 Å². The molecule has 176 valence electrons. The molecule has 0 aromatic carbocycles. The van der Waals surface area contributed by atoms with Crippen molar-refractivity contribution in [1.29, 1.82) is 0 Å². The maximum atomic E-state index is 13.3. The Morgan fingerprint density at radius 2 is 2.06 bits per heavy atom. The van der Waals surface area contributed by atoms with Gasteiger partial charge in [0.1, 0.15) is 24.0 Å². The fourth-order valence-corrected chi connectivity index (χ4v) is 4.00. The minimum Gasteiger partial charge on any atom is -0.382 e. The molecule has 1 N–H and O–H groups in total. The number of carbonyl (C=O) groups excluding carboxylic acids is 1. The van der Waals surface area contributed by atoms with Gasteiger partial charge in [0.25, 0.3) is 0 Å². The number of ether oxygens (including phenoxy) is 2. The number of nitrogens with one attached hydrogen (secondary N) is 1. The van der Waals surface area contributed by atoms with Gasteiger partial charge in [0.05, 0.1) is 24.9 Å². The van der Waals surface area contributed by atoms with Crippen LogP contribution in [-0.2, 0) is 20.8 Å². The van der Waals surface area contributed by atoms with Crippen molar-refractivity contribution in [2.24, 2.45) is 0 Å². The molecule has 1 saturated heterocycles. The third kappa shape index (κ3) is 4.79. The zero-order valence-corrected chi connectivity index (χ0v) is 19.5. The first-order chi connectivity index (χ1) is 16.0. The lowest BCUT2D eigenvalue weighted by atomic mass is 10.1. The van der Waals surface area contributed by atoms with E-state index in [1.807, 2.05) is 30.2 Å². The third-order valence-electron chi connectivity index (χ3n) is 5.71. The summed E-state index contributed by atoms with van der Waals surface area (Å²) in [5, 5.41) is 3.32. The molecule has 1 aliphatic rings. The molecular weight excluding hydrogens is 424 g/mol. The van der Waals surface area contributed by atoms with Gasteiger partial charge in [-0.1, -0.05) is 6.92 Å². The van der Waals surface area contributed by atoms with E-state index in [2.05, 4.69) is 25.3 Å². The van der Waals surface area contributed by atoms with Crippen LogP contribution in [0.2, 0.25) is 0 Å². The Balaban J connectivity index is 1.62. The molecule has 11 heteroatoms. The molecule has 0 saturated carbocycles. The van der Waals surface area contributed by atoms with Gasteiger partial charge in [-0.25, -0.2) is 24.9 Å². The van der Waals surface area contributed by atoms with Crippen molar-refractivity contribution in [3.8, 4) is 11.4 Å². The molecule has 2 atom stereocenters. The number of carbonyl (C=O) groups is 1. The number of aryl methyl sites for hydroxylation is 2. The molecule has 2 unspecified atom stereocenters. The zero-order valence-electron chi connectivity index (χ0n) is 19.5. The largest absolute Gasteiger partial charge is 0.382 e. The van der Waals surface area contributed by atoms with Gasteiger partial charge >= 0.3 is 0 Å². The molecule has 3 aromatic rings. The van der Waals surface area contributed by atoms with Gasteiger partial charge in [-0.05, 0) is 20.3 Å². The van der Waals surface area contributed by atoms with Gasteiger partial charge in [0.15, 0.2) is 17.0 Å². The molecule has 0 aliphatic carbocycles. The lowest BCUT2D eigenvalue weighted by Gasteiger charge is -2.34. The Hall–Kier alpha value is -3.18. The number of rotatable bonds is 8. The van der Waals surface area contributed by atoms with Crippen LogP contribution in [0.4, 0.5) is 5.82 Å². The molecule has 4 rings (SSSR count). The standard InChI is InChI=1S/C22H30N8O3/c1-5-17(22(31)29-7-8-33-16(11-29)12-32-4)27-19-18-21(26-13-25-19)30(6-2)20(28-18)15-9-23-14(3)24-10-15/h9-10,13,16-17H,5-8,11-12H2,1-4H3,(H,25,26,27). The summed E-state index contributed by atoms with van der Waals surface area (Å²) in [7, 11) is 1.63. The van der Waals surface area contributed by atoms with E-state index < -0.39 is 6.04 Å². The highest BCUT2D eigenvalue weighted by Crippen LogP contribution is 2.27. The summed E-state index contributed by atoms with van der Waals surface area (Å²) < 4.78 is 12.9. The van der Waals surface area contributed by atoms with E-state index in [0.29, 0.717) is 67.9 Å². The zero-order chi connectivity index (χ0) is 23.4.